The summed E-state index contributed by atoms with van der Waals surface area (Å²) in [6, 6.07) is 8.26. The average Bonchev–Trinajstić information content (AvgIpc) is 3.22. The first kappa shape index (κ1) is 20.2. The molecule has 0 saturated carbocycles. The number of likely N-dealkylation sites (tertiary alicyclic amines) is 1. The number of fused-ring (bicyclic) bond motifs is 1. The maximum atomic E-state index is 11.1. The van der Waals surface area contributed by atoms with Crippen LogP contribution in [-0.4, -0.2) is 44.3 Å². The SMILES string of the molecule is CCOc1ccc(C(c2sc3nc(CC)nn3c2O)N2CC(C)CC(C)C2)cc1. The van der Waals surface area contributed by atoms with Gasteiger partial charge in [0.2, 0.25) is 10.8 Å². The van der Waals surface area contributed by atoms with Crippen molar-refractivity contribution in [2.75, 3.05) is 19.7 Å². The summed E-state index contributed by atoms with van der Waals surface area (Å²) in [5, 5.41) is 15.5. The zero-order valence-electron chi connectivity index (χ0n) is 17.6. The Morgan fingerprint density at radius 2 is 1.86 bits per heavy atom. The minimum atomic E-state index is -0.0190. The molecule has 29 heavy (non-hydrogen) atoms. The topological polar surface area (TPSA) is 62.9 Å². The van der Waals surface area contributed by atoms with Gasteiger partial charge in [0, 0.05) is 19.5 Å². The number of hydrogen-bond acceptors (Lipinski definition) is 6. The molecule has 2 aromatic heterocycles. The molecule has 0 radical (unpaired) electrons. The number of piperidine rings is 1. The van der Waals surface area contributed by atoms with Gasteiger partial charge in [0.05, 0.1) is 17.5 Å². The van der Waals surface area contributed by atoms with Crippen molar-refractivity contribution in [1.29, 1.82) is 0 Å². The molecule has 1 fully saturated rings. The average molecular weight is 415 g/mol. The first-order valence-corrected chi connectivity index (χ1v) is 11.4. The molecule has 3 unspecified atom stereocenters. The molecule has 1 saturated heterocycles. The summed E-state index contributed by atoms with van der Waals surface area (Å²) < 4.78 is 7.22. The van der Waals surface area contributed by atoms with Gasteiger partial charge < -0.3 is 9.84 Å². The molecule has 3 aromatic rings. The molecule has 3 heterocycles. The van der Waals surface area contributed by atoms with Crippen LogP contribution in [0.1, 0.15) is 56.4 Å². The monoisotopic (exact) mass is 414 g/mol. The molecule has 1 aromatic carbocycles. The summed E-state index contributed by atoms with van der Waals surface area (Å²) in [6.45, 7) is 11.3. The number of rotatable bonds is 6. The van der Waals surface area contributed by atoms with Crippen molar-refractivity contribution in [1.82, 2.24) is 19.5 Å². The third-order valence-corrected chi connectivity index (χ3v) is 6.65. The second-order valence-corrected chi connectivity index (χ2v) is 9.18. The minimum absolute atomic E-state index is 0.0190. The van der Waals surface area contributed by atoms with E-state index >= 15 is 0 Å². The van der Waals surface area contributed by atoms with Gasteiger partial charge in [-0.05, 0) is 42.9 Å². The van der Waals surface area contributed by atoms with Crippen molar-refractivity contribution in [2.24, 2.45) is 11.8 Å². The van der Waals surface area contributed by atoms with Gasteiger partial charge in [0.25, 0.3) is 0 Å². The number of aryl methyl sites for hydroxylation is 1. The lowest BCUT2D eigenvalue weighted by atomic mass is 9.89. The highest BCUT2D eigenvalue weighted by Gasteiger charge is 2.33. The molecule has 156 valence electrons. The number of ether oxygens (including phenoxy) is 1. The first-order valence-electron chi connectivity index (χ1n) is 10.5. The van der Waals surface area contributed by atoms with E-state index in [1.807, 2.05) is 26.0 Å². The highest BCUT2D eigenvalue weighted by molar-refractivity contribution is 7.17. The van der Waals surface area contributed by atoms with E-state index in [2.05, 4.69) is 41.0 Å². The molecular weight excluding hydrogens is 384 g/mol. The van der Waals surface area contributed by atoms with Crippen LogP contribution >= 0.6 is 11.3 Å². The highest BCUT2D eigenvalue weighted by atomic mass is 32.1. The number of benzene rings is 1. The lowest BCUT2D eigenvalue weighted by Gasteiger charge is -2.40. The van der Waals surface area contributed by atoms with Crippen molar-refractivity contribution in [3.05, 3.63) is 40.5 Å². The van der Waals surface area contributed by atoms with Gasteiger partial charge in [-0.15, -0.1) is 5.10 Å². The molecule has 6 nitrogen and oxygen atoms in total. The molecule has 3 atom stereocenters. The molecule has 1 aliphatic rings. The third-order valence-electron chi connectivity index (χ3n) is 5.58. The number of aromatic hydroxyl groups is 1. The standard InChI is InChI=1S/C22H30N4O2S/c1-5-18-23-22-26(24-18)21(27)20(29-22)19(25-12-14(3)11-15(4)13-25)16-7-9-17(10-8-16)28-6-2/h7-10,14-15,19,27H,5-6,11-13H2,1-4H3. The lowest BCUT2D eigenvalue weighted by molar-refractivity contribution is 0.112. The van der Waals surface area contributed by atoms with Crippen LogP contribution in [0.2, 0.25) is 0 Å². The fourth-order valence-electron chi connectivity index (χ4n) is 4.48. The Kier molecular flexibility index (Phi) is 5.79. The van der Waals surface area contributed by atoms with Gasteiger partial charge in [-0.25, -0.2) is 4.98 Å². The van der Waals surface area contributed by atoms with Gasteiger partial charge in [-0.3, -0.25) is 4.90 Å². The normalized spacial score (nSPS) is 21.5. The predicted octanol–water partition coefficient (Wildman–Crippen LogP) is 4.52. The van der Waals surface area contributed by atoms with Crippen molar-refractivity contribution < 1.29 is 9.84 Å². The van der Waals surface area contributed by atoms with Gasteiger partial charge in [0.1, 0.15) is 5.75 Å². The van der Waals surface area contributed by atoms with Crippen molar-refractivity contribution in [3.63, 3.8) is 0 Å². The fourth-order valence-corrected chi connectivity index (χ4v) is 5.62. The smallest absolute Gasteiger partial charge is 0.230 e. The summed E-state index contributed by atoms with van der Waals surface area (Å²) in [6.07, 6.45) is 2.00. The van der Waals surface area contributed by atoms with Gasteiger partial charge in [0.15, 0.2) is 5.82 Å². The molecule has 1 aliphatic heterocycles. The molecule has 0 bridgehead atoms. The van der Waals surface area contributed by atoms with E-state index < -0.39 is 0 Å². The van der Waals surface area contributed by atoms with Crippen LogP contribution in [0, 0.1) is 11.8 Å². The molecule has 1 N–H and O–H groups in total. The third kappa shape index (κ3) is 3.98. The van der Waals surface area contributed by atoms with Crippen LogP contribution in [0.4, 0.5) is 0 Å². The van der Waals surface area contributed by atoms with Crippen LogP contribution in [0.15, 0.2) is 24.3 Å². The maximum absolute atomic E-state index is 11.1. The number of aromatic nitrogens is 3. The lowest BCUT2D eigenvalue weighted by Crippen LogP contribution is -2.41. The Hall–Kier alpha value is -2.12. The van der Waals surface area contributed by atoms with Crippen LogP contribution in [0.3, 0.4) is 0 Å². The van der Waals surface area contributed by atoms with E-state index in [4.69, 9.17) is 4.74 Å². The molecule has 4 rings (SSSR count). The summed E-state index contributed by atoms with van der Waals surface area (Å²) in [5.74, 6) is 3.09. The van der Waals surface area contributed by atoms with Gasteiger partial charge in [-0.2, -0.15) is 4.52 Å². The van der Waals surface area contributed by atoms with Crippen LogP contribution in [0.5, 0.6) is 11.6 Å². The number of thiazole rings is 1. The van der Waals surface area contributed by atoms with Crippen molar-refractivity contribution in [2.45, 2.75) is 46.6 Å². The second kappa shape index (κ2) is 8.32. The highest BCUT2D eigenvalue weighted by Crippen LogP contribution is 2.42. The minimum Gasteiger partial charge on any atom is -0.494 e. The molecular formula is C22H30N4O2S. The summed E-state index contributed by atoms with van der Waals surface area (Å²) in [5.41, 5.74) is 1.16. The van der Waals surface area contributed by atoms with Crippen LogP contribution < -0.4 is 4.74 Å². The van der Waals surface area contributed by atoms with Gasteiger partial charge >= 0.3 is 0 Å². The molecule has 0 aliphatic carbocycles. The van der Waals surface area contributed by atoms with E-state index in [-0.39, 0.29) is 11.9 Å². The Balaban J connectivity index is 1.77. The summed E-state index contributed by atoms with van der Waals surface area (Å²) in [7, 11) is 0. The van der Waals surface area contributed by atoms with E-state index in [0.29, 0.717) is 18.4 Å². The predicted molar refractivity (Wildman–Crippen MR) is 116 cm³/mol. The number of nitrogens with zero attached hydrogens (tertiary/aromatic N) is 4. The van der Waals surface area contributed by atoms with E-state index in [1.54, 1.807) is 15.9 Å². The van der Waals surface area contributed by atoms with Crippen molar-refractivity contribution in [3.8, 4) is 11.6 Å². The Morgan fingerprint density at radius 3 is 2.45 bits per heavy atom. The zero-order chi connectivity index (χ0) is 20.5. The largest absolute Gasteiger partial charge is 0.494 e. The van der Waals surface area contributed by atoms with Crippen LogP contribution in [-0.2, 0) is 6.42 Å². The maximum Gasteiger partial charge on any atom is 0.230 e. The Bertz CT molecular complexity index is 955. The van der Waals surface area contributed by atoms with Gasteiger partial charge in [-0.1, -0.05) is 44.2 Å². The van der Waals surface area contributed by atoms with E-state index in [9.17, 15) is 5.11 Å². The van der Waals surface area contributed by atoms with Crippen LogP contribution in [0.25, 0.3) is 4.96 Å². The van der Waals surface area contributed by atoms with Crippen molar-refractivity contribution >= 4 is 16.3 Å². The number of hydrogen-bond donors (Lipinski definition) is 1. The molecule has 0 spiro atoms. The Morgan fingerprint density at radius 1 is 1.17 bits per heavy atom. The first-order chi connectivity index (χ1) is 14.0. The summed E-state index contributed by atoms with van der Waals surface area (Å²) >= 11 is 1.54. The van der Waals surface area contributed by atoms with E-state index in [1.165, 1.54) is 6.42 Å². The zero-order valence-corrected chi connectivity index (χ0v) is 18.4. The Labute approximate surface area is 176 Å². The van der Waals surface area contributed by atoms with E-state index in [0.717, 1.165) is 46.5 Å². The summed E-state index contributed by atoms with van der Waals surface area (Å²) in [4.78, 5) is 8.74. The fraction of sp³-hybridized carbons (Fsp3) is 0.545. The second-order valence-electron chi connectivity index (χ2n) is 8.17. The molecule has 7 heteroatoms. The molecule has 0 amide bonds. The quantitative estimate of drug-likeness (QED) is 0.642.